The predicted octanol–water partition coefficient (Wildman–Crippen LogP) is 0.320. The minimum absolute atomic E-state index is 0.00758. The zero-order valence-electron chi connectivity index (χ0n) is 18.4. The summed E-state index contributed by atoms with van der Waals surface area (Å²) < 4.78 is 0. The van der Waals surface area contributed by atoms with Crippen molar-refractivity contribution >= 4 is 35.6 Å². The number of aliphatic carboxylic acids is 1. The third-order valence-electron chi connectivity index (χ3n) is 6.31. The van der Waals surface area contributed by atoms with E-state index in [1.165, 1.54) is 0 Å². The normalized spacial score (nSPS) is 27.3. The molecule has 0 spiro atoms. The van der Waals surface area contributed by atoms with E-state index >= 15 is 0 Å². The van der Waals surface area contributed by atoms with Gasteiger partial charge >= 0.3 is 12.0 Å². The second kappa shape index (κ2) is 12.3. The zero-order valence-corrected chi connectivity index (χ0v) is 19.2. The van der Waals surface area contributed by atoms with Gasteiger partial charge in [0.25, 0.3) is 0 Å². The number of hydrogen-bond donors (Lipinski definition) is 6. The summed E-state index contributed by atoms with van der Waals surface area (Å²) in [6.07, 6.45) is 6.49. The summed E-state index contributed by atoms with van der Waals surface area (Å²) in [5.41, 5.74) is 0. The SMILES string of the molecule is O=C(CCCC[C@H]1SC[C@@H]2NC(=O)N[C@@H]21)NCCCC[C@H](NC(=O)[C@H]1CCCN1)C(=O)O. The molecule has 0 radical (unpaired) electrons. The largest absolute Gasteiger partial charge is 0.480 e. The molecule has 3 heterocycles. The maximum absolute atomic E-state index is 12.1. The number of thioether (sulfide) groups is 1. The van der Waals surface area contributed by atoms with Crippen molar-refractivity contribution in [3.05, 3.63) is 0 Å². The van der Waals surface area contributed by atoms with E-state index < -0.39 is 12.0 Å². The summed E-state index contributed by atoms with van der Waals surface area (Å²) in [7, 11) is 0. The Balaban J connectivity index is 1.20. The molecule has 180 valence electrons. The molecule has 0 saturated carbocycles. The van der Waals surface area contributed by atoms with E-state index in [4.69, 9.17) is 0 Å². The Labute approximate surface area is 192 Å². The highest BCUT2D eigenvalue weighted by molar-refractivity contribution is 8.00. The molecular weight excluding hydrogens is 434 g/mol. The lowest BCUT2D eigenvalue weighted by Gasteiger charge is -2.17. The van der Waals surface area contributed by atoms with E-state index in [0.29, 0.717) is 37.5 Å². The van der Waals surface area contributed by atoms with Crippen molar-refractivity contribution in [2.75, 3.05) is 18.8 Å². The van der Waals surface area contributed by atoms with E-state index in [-0.39, 0.29) is 36.0 Å². The van der Waals surface area contributed by atoms with Gasteiger partial charge in [-0.3, -0.25) is 9.59 Å². The van der Waals surface area contributed by atoms with Crippen LogP contribution in [0.2, 0.25) is 0 Å². The van der Waals surface area contributed by atoms with Crippen molar-refractivity contribution in [3.63, 3.8) is 0 Å². The van der Waals surface area contributed by atoms with Crippen molar-refractivity contribution in [2.45, 2.75) is 87.2 Å². The number of unbranched alkanes of at least 4 members (excludes halogenated alkanes) is 2. The number of urea groups is 1. The van der Waals surface area contributed by atoms with Crippen LogP contribution in [0.25, 0.3) is 0 Å². The van der Waals surface area contributed by atoms with Crippen molar-refractivity contribution in [1.29, 1.82) is 0 Å². The lowest BCUT2D eigenvalue weighted by molar-refractivity contribution is -0.142. The number of carboxylic acid groups (broad SMARTS) is 1. The average Bonchev–Trinajstić information content (AvgIpc) is 3.48. The third-order valence-corrected chi connectivity index (χ3v) is 7.82. The number of rotatable bonds is 13. The monoisotopic (exact) mass is 469 g/mol. The number of fused-ring (bicyclic) bond motifs is 1. The summed E-state index contributed by atoms with van der Waals surface area (Å²) >= 11 is 1.88. The fourth-order valence-electron chi connectivity index (χ4n) is 4.50. The van der Waals surface area contributed by atoms with Gasteiger partial charge in [0.05, 0.1) is 18.1 Å². The summed E-state index contributed by atoms with van der Waals surface area (Å²) in [6, 6.07) is -0.830. The molecule has 3 saturated heterocycles. The summed E-state index contributed by atoms with van der Waals surface area (Å²) in [4.78, 5) is 46.9. The summed E-state index contributed by atoms with van der Waals surface area (Å²) in [6.45, 7) is 1.29. The first kappa shape index (κ1) is 24.6. The number of carboxylic acids is 1. The van der Waals surface area contributed by atoms with E-state index in [1.54, 1.807) is 0 Å². The van der Waals surface area contributed by atoms with Crippen LogP contribution >= 0.6 is 11.8 Å². The van der Waals surface area contributed by atoms with Gasteiger partial charge in [-0.25, -0.2) is 9.59 Å². The van der Waals surface area contributed by atoms with Crippen LogP contribution in [-0.2, 0) is 14.4 Å². The molecule has 6 N–H and O–H groups in total. The Morgan fingerprint density at radius 1 is 1.16 bits per heavy atom. The number of carbonyl (C=O) groups excluding carboxylic acids is 3. The molecule has 3 aliphatic heterocycles. The molecule has 0 aromatic carbocycles. The summed E-state index contributed by atoms with van der Waals surface area (Å²) in [5.74, 6) is -0.326. The van der Waals surface area contributed by atoms with Crippen molar-refractivity contribution in [1.82, 2.24) is 26.6 Å². The Bertz CT molecular complexity index is 687. The van der Waals surface area contributed by atoms with Gasteiger partial charge in [-0.15, -0.1) is 0 Å². The minimum Gasteiger partial charge on any atom is -0.480 e. The van der Waals surface area contributed by atoms with Crippen LogP contribution in [-0.4, -0.2) is 77.2 Å². The van der Waals surface area contributed by atoms with Gasteiger partial charge in [-0.2, -0.15) is 11.8 Å². The molecule has 0 aliphatic carbocycles. The molecule has 11 heteroatoms. The second-order valence-electron chi connectivity index (χ2n) is 8.76. The second-order valence-corrected chi connectivity index (χ2v) is 10.0. The zero-order chi connectivity index (χ0) is 22.9. The Hall–Kier alpha value is -2.01. The fourth-order valence-corrected chi connectivity index (χ4v) is 6.05. The van der Waals surface area contributed by atoms with Gasteiger partial charge in [0.1, 0.15) is 6.04 Å². The molecule has 10 nitrogen and oxygen atoms in total. The van der Waals surface area contributed by atoms with E-state index in [2.05, 4.69) is 26.6 Å². The lowest BCUT2D eigenvalue weighted by atomic mass is 10.0. The molecule has 3 fully saturated rings. The molecular formula is C21H35N5O5S. The van der Waals surface area contributed by atoms with E-state index in [0.717, 1.165) is 44.4 Å². The van der Waals surface area contributed by atoms with Gasteiger partial charge in [0.2, 0.25) is 11.8 Å². The van der Waals surface area contributed by atoms with E-state index in [9.17, 15) is 24.3 Å². The molecule has 0 unspecified atom stereocenters. The fraction of sp³-hybridized carbons (Fsp3) is 0.810. The van der Waals surface area contributed by atoms with Crippen molar-refractivity contribution < 1.29 is 24.3 Å². The van der Waals surface area contributed by atoms with Crippen molar-refractivity contribution in [2.24, 2.45) is 0 Å². The van der Waals surface area contributed by atoms with Crippen LogP contribution in [0.15, 0.2) is 0 Å². The summed E-state index contributed by atoms with van der Waals surface area (Å²) in [5, 5.41) is 24.2. The quantitative estimate of drug-likeness (QED) is 0.168. The predicted molar refractivity (Wildman–Crippen MR) is 121 cm³/mol. The third kappa shape index (κ3) is 7.26. The number of nitrogens with one attached hydrogen (secondary N) is 5. The molecule has 5 atom stereocenters. The molecule has 0 aromatic heterocycles. The molecule has 3 rings (SSSR count). The number of carbonyl (C=O) groups is 4. The molecule has 32 heavy (non-hydrogen) atoms. The van der Waals surface area contributed by atoms with Crippen LogP contribution < -0.4 is 26.6 Å². The van der Waals surface area contributed by atoms with Crippen LogP contribution in [0.4, 0.5) is 4.79 Å². The van der Waals surface area contributed by atoms with Gasteiger partial charge in [0, 0.05) is 24.0 Å². The minimum atomic E-state index is -1.03. The van der Waals surface area contributed by atoms with Gasteiger partial charge < -0.3 is 31.7 Å². The van der Waals surface area contributed by atoms with Crippen molar-refractivity contribution in [3.8, 4) is 0 Å². The first-order valence-corrected chi connectivity index (χ1v) is 12.7. The van der Waals surface area contributed by atoms with Gasteiger partial charge in [0.15, 0.2) is 0 Å². The first-order chi connectivity index (χ1) is 15.4. The maximum atomic E-state index is 12.1. The maximum Gasteiger partial charge on any atom is 0.326 e. The average molecular weight is 470 g/mol. The Morgan fingerprint density at radius 2 is 2.00 bits per heavy atom. The van der Waals surface area contributed by atoms with Gasteiger partial charge in [-0.1, -0.05) is 6.42 Å². The van der Waals surface area contributed by atoms with Crippen LogP contribution in [0.5, 0.6) is 0 Å². The van der Waals surface area contributed by atoms with Crippen LogP contribution in [0.3, 0.4) is 0 Å². The standard InChI is InChI=1S/C21H35N5O5S/c27-17(9-2-1-8-16-18-15(12-32-16)25-21(31)26-18)23-10-4-3-6-14(20(29)30)24-19(28)13-7-5-11-22-13/h13-16,18,22H,1-12H2,(H,23,27)(H,24,28)(H,29,30)(H2,25,26,31)/t13-,14+,15+,16-,18+/m1/s1. The highest BCUT2D eigenvalue weighted by Gasteiger charge is 2.42. The Morgan fingerprint density at radius 3 is 2.75 bits per heavy atom. The number of hydrogen-bond acceptors (Lipinski definition) is 6. The first-order valence-electron chi connectivity index (χ1n) is 11.7. The lowest BCUT2D eigenvalue weighted by Crippen LogP contribution is -2.48. The topological polar surface area (TPSA) is 149 Å². The Kier molecular flexibility index (Phi) is 9.46. The van der Waals surface area contributed by atoms with Crippen LogP contribution in [0, 0.1) is 0 Å². The van der Waals surface area contributed by atoms with Gasteiger partial charge in [-0.05, 0) is 51.5 Å². The van der Waals surface area contributed by atoms with Crippen LogP contribution in [0.1, 0.15) is 57.8 Å². The smallest absolute Gasteiger partial charge is 0.326 e. The molecule has 0 bridgehead atoms. The number of amides is 4. The molecule has 4 amide bonds. The highest BCUT2D eigenvalue weighted by atomic mass is 32.2. The van der Waals surface area contributed by atoms with E-state index in [1.807, 2.05) is 11.8 Å². The molecule has 0 aromatic rings. The molecule has 3 aliphatic rings. The highest BCUT2D eigenvalue weighted by Crippen LogP contribution is 2.33.